The van der Waals surface area contributed by atoms with Crippen molar-refractivity contribution in [3.63, 3.8) is 0 Å². The molecule has 6 nitrogen and oxygen atoms in total. The summed E-state index contributed by atoms with van der Waals surface area (Å²) in [4.78, 5) is 12.7. The summed E-state index contributed by atoms with van der Waals surface area (Å²) in [7, 11) is -3.25. The topological polar surface area (TPSA) is 81.1 Å². The second-order valence-corrected chi connectivity index (χ2v) is 10.2. The summed E-state index contributed by atoms with van der Waals surface area (Å²) >= 11 is 6.52. The minimum atomic E-state index is -3.25. The maximum Gasteiger partial charge on any atom is 0.244 e. The van der Waals surface area contributed by atoms with Gasteiger partial charge in [-0.05, 0) is 50.1 Å². The fourth-order valence-electron chi connectivity index (χ4n) is 3.24. The van der Waals surface area contributed by atoms with E-state index in [-0.39, 0.29) is 16.8 Å². The van der Waals surface area contributed by atoms with Crippen LogP contribution in [0.2, 0.25) is 5.15 Å². The summed E-state index contributed by atoms with van der Waals surface area (Å²) in [5, 5.41) is 7.83. The number of aromatic nitrogens is 2. The van der Waals surface area contributed by atoms with Crippen molar-refractivity contribution in [1.29, 1.82) is 0 Å². The van der Waals surface area contributed by atoms with Crippen molar-refractivity contribution in [3.8, 4) is 0 Å². The monoisotopic (exact) mass is 471 g/mol. The molecule has 0 saturated heterocycles. The summed E-state index contributed by atoms with van der Waals surface area (Å²) in [6.07, 6.45) is 4.24. The van der Waals surface area contributed by atoms with E-state index in [0.717, 1.165) is 23.1 Å². The Bertz CT molecular complexity index is 1240. The van der Waals surface area contributed by atoms with E-state index in [0.29, 0.717) is 17.3 Å². The minimum Gasteiger partial charge on any atom is -0.346 e. The van der Waals surface area contributed by atoms with Gasteiger partial charge in [0, 0.05) is 17.9 Å². The van der Waals surface area contributed by atoms with Crippen LogP contribution in [0.1, 0.15) is 40.9 Å². The van der Waals surface area contributed by atoms with Crippen LogP contribution in [0.4, 0.5) is 0 Å². The molecule has 0 aliphatic rings. The van der Waals surface area contributed by atoms with Crippen molar-refractivity contribution < 1.29 is 13.2 Å². The Morgan fingerprint density at radius 3 is 2.34 bits per heavy atom. The van der Waals surface area contributed by atoms with Crippen molar-refractivity contribution in [2.24, 2.45) is 0 Å². The maximum absolute atomic E-state index is 12.4. The van der Waals surface area contributed by atoms with Crippen molar-refractivity contribution in [3.05, 3.63) is 87.7 Å². The fraction of sp³-hybridized carbons (Fsp3) is 0.250. The molecule has 2 aromatic carbocycles. The van der Waals surface area contributed by atoms with Gasteiger partial charge in [0.25, 0.3) is 0 Å². The first-order valence-corrected chi connectivity index (χ1v) is 12.4. The molecule has 168 valence electrons. The molecule has 8 heteroatoms. The molecule has 32 heavy (non-hydrogen) atoms. The molecule has 1 N–H and O–H groups in total. The molecular weight excluding hydrogens is 446 g/mol. The van der Waals surface area contributed by atoms with Gasteiger partial charge in [-0.15, -0.1) is 0 Å². The Morgan fingerprint density at radius 1 is 1.12 bits per heavy atom. The van der Waals surface area contributed by atoms with E-state index in [1.165, 1.54) is 23.8 Å². The van der Waals surface area contributed by atoms with Crippen LogP contribution in [0.25, 0.3) is 6.08 Å². The molecule has 0 fully saturated rings. The predicted octanol–water partition coefficient (Wildman–Crippen LogP) is 4.50. The summed E-state index contributed by atoms with van der Waals surface area (Å²) in [5.41, 5.74) is 4.50. The highest BCUT2D eigenvalue weighted by atomic mass is 35.5. The van der Waals surface area contributed by atoms with Crippen LogP contribution < -0.4 is 5.32 Å². The second-order valence-electron chi connectivity index (χ2n) is 7.84. The SMILES string of the molecule is Cc1ccc(Cn2nc(C)c(/C=C/C(=O)NC(C)c3ccc(S(C)(=O)=O)cc3)c2Cl)cc1. The van der Waals surface area contributed by atoms with E-state index in [1.54, 1.807) is 22.9 Å². The first kappa shape index (κ1) is 23.8. The van der Waals surface area contributed by atoms with Gasteiger partial charge in [-0.25, -0.2) is 13.1 Å². The third kappa shape index (κ3) is 5.87. The van der Waals surface area contributed by atoms with Crippen LogP contribution >= 0.6 is 11.6 Å². The molecule has 0 aliphatic carbocycles. The average Bonchev–Trinajstić information content (AvgIpc) is 3.00. The van der Waals surface area contributed by atoms with E-state index < -0.39 is 9.84 Å². The second kappa shape index (κ2) is 9.71. The number of sulfone groups is 1. The highest BCUT2D eigenvalue weighted by molar-refractivity contribution is 7.90. The van der Waals surface area contributed by atoms with Crippen LogP contribution in [0.15, 0.2) is 59.5 Å². The summed E-state index contributed by atoms with van der Waals surface area (Å²) in [6.45, 7) is 6.26. The molecular formula is C24H26ClN3O3S. The molecule has 0 saturated carbocycles. The quantitative estimate of drug-likeness (QED) is 0.514. The van der Waals surface area contributed by atoms with E-state index in [1.807, 2.05) is 45.0 Å². The zero-order valence-corrected chi connectivity index (χ0v) is 20.0. The third-order valence-corrected chi connectivity index (χ3v) is 6.66. The van der Waals surface area contributed by atoms with Gasteiger partial charge in [-0.1, -0.05) is 53.6 Å². The number of halogens is 1. The predicted molar refractivity (Wildman–Crippen MR) is 127 cm³/mol. The van der Waals surface area contributed by atoms with E-state index in [9.17, 15) is 13.2 Å². The average molecular weight is 472 g/mol. The molecule has 1 aromatic heterocycles. The normalized spacial score (nSPS) is 12.8. The van der Waals surface area contributed by atoms with Gasteiger partial charge in [0.05, 0.1) is 23.2 Å². The lowest BCUT2D eigenvalue weighted by molar-refractivity contribution is -0.117. The van der Waals surface area contributed by atoms with Crippen molar-refractivity contribution in [2.75, 3.05) is 6.26 Å². The summed E-state index contributed by atoms with van der Waals surface area (Å²) < 4.78 is 24.9. The molecule has 1 unspecified atom stereocenters. The van der Waals surface area contributed by atoms with Crippen LogP contribution in [0.3, 0.4) is 0 Å². The van der Waals surface area contributed by atoms with E-state index >= 15 is 0 Å². The summed E-state index contributed by atoms with van der Waals surface area (Å²) in [6, 6.07) is 14.3. The molecule has 0 bridgehead atoms. The standard InChI is InChI=1S/C24H26ClN3O3S/c1-16-5-7-19(8-6-16)15-28-24(25)22(18(3)27-28)13-14-23(29)26-17(2)20-9-11-21(12-10-20)32(4,30)31/h5-14,17H,15H2,1-4H3,(H,26,29)/b14-13+. The molecule has 0 spiro atoms. The smallest absolute Gasteiger partial charge is 0.244 e. The molecule has 1 heterocycles. The Kier molecular flexibility index (Phi) is 7.21. The molecule has 1 atom stereocenters. The fourth-order valence-corrected chi connectivity index (χ4v) is 4.16. The minimum absolute atomic E-state index is 0.243. The van der Waals surface area contributed by atoms with Crippen molar-refractivity contribution >= 4 is 33.4 Å². The Balaban J connectivity index is 1.67. The molecule has 1 amide bonds. The molecule has 3 aromatic rings. The van der Waals surface area contributed by atoms with Crippen LogP contribution in [0.5, 0.6) is 0 Å². The lowest BCUT2D eigenvalue weighted by Gasteiger charge is -2.13. The van der Waals surface area contributed by atoms with Gasteiger partial charge < -0.3 is 5.32 Å². The number of hydrogen-bond acceptors (Lipinski definition) is 4. The maximum atomic E-state index is 12.4. The first-order chi connectivity index (χ1) is 15.0. The number of nitrogens with one attached hydrogen (secondary N) is 1. The molecule has 0 aliphatic heterocycles. The van der Waals surface area contributed by atoms with Gasteiger partial charge in [0.1, 0.15) is 5.15 Å². The zero-order valence-electron chi connectivity index (χ0n) is 18.5. The Hall–Kier alpha value is -2.90. The number of nitrogens with zero attached hydrogens (tertiary/aromatic N) is 2. The highest BCUT2D eigenvalue weighted by Crippen LogP contribution is 2.23. The zero-order chi connectivity index (χ0) is 23.5. The Morgan fingerprint density at radius 2 is 1.75 bits per heavy atom. The lowest BCUT2D eigenvalue weighted by Crippen LogP contribution is -2.24. The number of rotatable bonds is 7. The number of benzene rings is 2. The van der Waals surface area contributed by atoms with Gasteiger partial charge >= 0.3 is 0 Å². The van der Waals surface area contributed by atoms with Gasteiger partial charge in [0.15, 0.2) is 9.84 Å². The number of aryl methyl sites for hydroxylation is 2. The first-order valence-electron chi connectivity index (χ1n) is 10.1. The molecule has 0 radical (unpaired) electrons. The van der Waals surface area contributed by atoms with E-state index in [4.69, 9.17) is 11.6 Å². The lowest BCUT2D eigenvalue weighted by atomic mass is 10.1. The van der Waals surface area contributed by atoms with E-state index in [2.05, 4.69) is 10.4 Å². The van der Waals surface area contributed by atoms with Gasteiger partial charge in [0.2, 0.25) is 5.91 Å². The number of carbonyl (C=O) groups excluding carboxylic acids is 1. The third-order valence-electron chi connectivity index (χ3n) is 5.13. The number of carbonyl (C=O) groups is 1. The highest BCUT2D eigenvalue weighted by Gasteiger charge is 2.13. The largest absolute Gasteiger partial charge is 0.346 e. The summed E-state index contributed by atoms with van der Waals surface area (Å²) in [5.74, 6) is -0.286. The van der Waals surface area contributed by atoms with Crippen LogP contribution in [-0.4, -0.2) is 30.4 Å². The van der Waals surface area contributed by atoms with Crippen molar-refractivity contribution in [1.82, 2.24) is 15.1 Å². The van der Waals surface area contributed by atoms with Crippen molar-refractivity contribution in [2.45, 2.75) is 38.3 Å². The number of hydrogen-bond donors (Lipinski definition) is 1. The van der Waals surface area contributed by atoms with Gasteiger partial charge in [-0.2, -0.15) is 5.10 Å². The molecule has 3 rings (SSSR count). The number of amides is 1. The Labute approximate surface area is 193 Å². The van der Waals surface area contributed by atoms with Crippen LogP contribution in [-0.2, 0) is 21.2 Å². The van der Waals surface area contributed by atoms with Crippen LogP contribution in [0, 0.1) is 13.8 Å². The van der Waals surface area contributed by atoms with Gasteiger partial charge in [-0.3, -0.25) is 4.79 Å².